The SMILES string of the molecule is CCN(C)CC1C(c2ccccc2)[C@]2(c3ccc(C#N)cc3)Oc3cncc(OC)c3[C@]2(O)[C@@H]1O. The zero-order valence-corrected chi connectivity index (χ0v) is 20.0. The molecule has 2 aliphatic rings. The second-order valence-electron chi connectivity index (χ2n) is 9.36. The van der Waals surface area contributed by atoms with Crippen LogP contribution < -0.4 is 9.47 Å². The number of hydrogen-bond donors (Lipinski definition) is 2. The molecule has 0 spiro atoms. The molecule has 2 heterocycles. The number of aliphatic hydroxyl groups is 2. The predicted molar refractivity (Wildman–Crippen MR) is 130 cm³/mol. The minimum Gasteiger partial charge on any atom is -0.495 e. The Morgan fingerprint density at radius 1 is 1.14 bits per heavy atom. The Labute approximate surface area is 205 Å². The monoisotopic (exact) mass is 471 g/mol. The van der Waals surface area contributed by atoms with E-state index >= 15 is 0 Å². The second kappa shape index (κ2) is 8.65. The van der Waals surface area contributed by atoms with E-state index in [-0.39, 0.29) is 5.92 Å². The van der Waals surface area contributed by atoms with Crippen LogP contribution in [-0.4, -0.2) is 53.4 Å². The van der Waals surface area contributed by atoms with Crippen molar-refractivity contribution in [3.8, 4) is 17.6 Å². The molecule has 5 rings (SSSR count). The molecule has 7 nitrogen and oxygen atoms in total. The third kappa shape index (κ3) is 3.18. The van der Waals surface area contributed by atoms with Crippen molar-refractivity contribution >= 4 is 0 Å². The number of ether oxygens (including phenoxy) is 2. The first-order valence-corrected chi connectivity index (χ1v) is 11.8. The summed E-state index contributed by atoms with van der Waals surface area (Å²) in [5, 5.41) is 34.1. The highest BCUT2D eigenvalue weighted by molar-refractivity contribution is 5.59. The van der Waals surface area contributed by atoms with E-state index in [4.69, 9.17) is 9.47 Å². The zero-order valence-electron chi connectivity index (χ0n) is 20.0. The number of methoxy groups -OCH3 is 1. The summed E-state index contributed by atoms with van der Waals surface area (Å²) < 4.78 is 12.4. The van der Waals surface area contributed by atoms with Crippen LogP contribution in [0.1, 0.15) is 35.1 Å². The van der Waals surface area contributed by atoms with Crippen LogP contribution in [0.4, 0.5) is 0 Å². The third-order valence-electron chi connectivity index (χ3n) is 7.68. The summed E-state index contributed by atoms with van der Waals surface area (Å²) in [5.74, 6) is -0.0499. The summed E-state index contributed by atoms with van der Waals surface area (Å²) >= 11 is 0. The van der Waals surface area contributed by atoms with Crippen molar-refractivity contribution in [2.45, 2.75) is 30.1 Å². The molecular weight excluding hydrogens is 442 g/mol. The van der Waals surface area contributed by atoms with E-state index in [1.807, 2.05) is 49.5 Å². The molecule has 0 saturated heterocycles. The molecule has 2 N–H and O–H groups in total. The smallest absolute Gasteiger partial charge is 0.177 e. The molecule has 1 aliphatic carbocycles. The van der Waals surface area contributed by atoms with Gasteiger partial charge in [-0.1, -0.05) is 49.4 Å². The van der Waals surface area contributed by atoms with Crippen LogP contribution in [-0.2, 0) is 11.2 Å². The molecule has 1 aromatic heterocycles. The van der Waals surface area contributed by atoms with Gasteiger partial charge in [-0.2, -0.15) is 5.26 Å². The fourth-order valence-corrected chi connectivity index (χ4v) is 6.02. The maximum Gasteiger partial charge on any atom is 0.177 e. The molecule has 1 saturated carbocycles. The molecule has 0 radical (unpaired) electrons. The number of aliphatic hydroxyl groups excluding tert-OH is 1. The number of nitriles is 1. The van der Waals surface area contributed by atoms with Gasteiger partial charge in [-0.25, -0.2) is 0 Å². The molecule has 1 fully saturated rings. The number of nitrogens with zero attached hydrogens (tertiary/aromatic N) is 3. The summed E-state index contributed by atoms with van der Waals surface area (Å²) in [5.41, 5.74) is -0.688. The quantitative estimate of drug-likeness (QED) is 0.570. The van der Waals surface area contributed by atoms with Gasteiger partial charge in [0, 0.05) is 18.4 Å². The Bertz CT molecular complexity index is 1260. The number of fused-ring (bicyclic) bond motifs is 3. The van der Waals surface area contributed by atoms with Crippen molar-refractivity contribution in [2.24, 2.45) is 5.92 Å². The molecule has 1 aliphatic heterocycles. The van der Waals surface area contributed by atoms with Gasteiger partial charge in [0.2, 0.25) is 0 Å². The maximum atomic E-state index is 12.7. The Morgan fingerprint density at radius 3 is 2.49 bits per heavy atom. The van der Waals surface area contributed by atoms with Gasteiger partial charge >= 0.3 is 0 Å². The van der Waals surface area contributed by atoms with Gasteiger partial charge in [0.25, 0.3) is 0 Å². The molecular formula is C28H29N3O4. The summed E-state index contributed by atoms with van der Waals surface area (Å²) in [6, 6.07) is 19.1. The van der Waals surface area contributed by atoms with Gasteiger partial charge in [0.15, 0.2) is 11.2 Å². The standard InChI is InChI=1S/C28H29N3O4/c1-4-31(2)17-21-24(19-8-6-5-7-9-19)28(20-12-10-18(14-29)11-13-20)27(33,26(21)32)25-22(34-3)15-30-16-23(25)35-28/h5-13,15-16,21,24,26,32-33H,4,17H2,1-3H3/t21?,24?,26-,27+,28+/m1/s1. The summed E-state index contributed by atoms with van der Waals surface area (Å²) in [6.07, 6.45) is 1.92. The molecule has 0 amide bonds. The van der Waals surface area contributed by atoms with Crippen LogP contribution in [0.25, 0.3) is 0 Å². The van der Waals surface area contributed by atoms with Crippen LogP contribution in [0.3, 0.4) is 0 Å². The highest BCUT2D eigenvalue weighted by atomic mass is 16.5. The number of pyridine rings is 1. The van der Waals surface area contributed by atoms with E-state index < -0.39 is 23.2 Å². The largest absolute Gasteiger partial charge is 0.495 e. The number of rotatable bonds is 6. The second-order valence-corrected chi connectivity index (χ2v) is 9.36. The van der Waals surface area contributed by atoms with Crippen LogP contribution in [0.15, 0.2) is 67.0 Å². The lowest BCUT2D eigenvalue weighted by molar-refractivity contribution is -0.152. The van der Waals surface area contributed by atoms with Crippen LogP contribution in [0.2, 0.25) is 0 Å². The zero-order chi connectivity index (χ0) is 24.8. The number of hydrogen-bond acceptors (Lipinski definition) is 7. The van der Waals surface area contributed by atoms with Gasteiger partial charge < -0.3 is 24.6 Å². The first kappa shape index (κ1) is 23.3. The van der Waals surface area contributed by atoms with Crippen molar-refractivity contribution < 1.29 is 19.7 Å². The van der Waals surface area contributed by atoms with Gasteiger partial charge in [-0.3, -0.25) is 4.98 Å². The molecule has 35 heavy (non-hydrogen) atoms. The Morgan fingerprint density at radius 2 is 1.86 bits per heavy atom. The topological polar surface area (TPSA) is 98.8 Å². The van der Waals surface area contributed by atoms with Gasteiger partial charge in [-0.05, 0) is 36.9 Å². The Balaban J connectivity index is 1.84. The van der Waals surface area contributed by atoms with Crippen LogP contribution in [0.5, 0.6) is 11.5 Å². The van der Waals surface area contributed by atoms with E-state index in [0.717, 1.165) is 12.1 Å². The van der Waals surface area contributed by atoms with Gasteiger partial charge in [0.05, 0.1) is 42.8 Å². The van der Waals surface area contributed by atoms with Crippen molar-refractivity contribution in [3.05, 3.63) is 89.2 Å². The number of aromatic nitrogens is 1. The van der Waals surface area contributed by atoms with Crippen molar-refractivity contribution in [1.29, 1.82) is 5.26 Å². The fourth-order valence-electron chi connectivity index (χ4n) is 6.02. The summed E-state index contributed by atoms with van der Waals surface area (Å²) in [4.78, 5) is 6.38. The fraction of sp³-hybridized carbons (Fsp3) is 0.357. The lowest BCUT2D eigenvalue weighted by atomic mass is 9.70. The molecule has 2 unspecified atom stereocenters. The van der Waals surface area contributed by atoms with E-state index in [1.165, 1.54) is 13.3 Å². The minimum absolute atomic E-state index is 0.357. The molecule has 7 heteroatoms. The highest BCUT2D eigenvalue weighted by Crippen LogP contribution is 2.69. The molecule has 2 aromatic carbocycles. The van der Waals surface area contributed by atoms with Gasteiger partial charge in [0.1, 0.15) is 11.5 Å². The Kier molecular flexibility index (Phi) is 5.76. The van der Waals surface area contributed by atoms with Crippen molar-refractivity contribution in [3.63, 3.8) is 0 Å². The molecule has 0 bridgehead atoms. The highest BCUT2D eigenvalue weighted by Gasteiger charge is 2.76. The van der Waals surface area contributed by atoms with E-state index in [0.29, 0.717) is 34.7 Å². The average molecular weight is 472 g/mol. The average Bonchev–Trinajstić information content (AvgIpc) is 3.27. The Hall–Kier alpha value is -3.44. The molecule has 5 atom stereocenters. The van der Waals surface area contributed by atoms with Crippen molar-refractivity contribution in [1.82, 2.24) is 9.88 Å². The normalized spacial score (nSPS) is 28.8. The lowest BCUT2D eigenvalue weighted by Crippen LogP contribution is -2.52. The maximum absolute atomic E-state index is 12.7. The first-order valence-electron chi connectivity index (χ1n) is 11.8. The van der Waals surface area contributed by atoms with E-state index in [2.05, 4.69) is 22.9 Å². The van der Waals surface area contributed by atoms with E-state index in [1.54, 1.807) is 18.3 Å². The van der Waals surface area contributed by atoms with E-state index in [9.17, 15) is 15.5 Å². The van der Waals surface area contributed by atoms with Crippen molar-refractivity contribution in [2.75, 3.05) is 27.2 Å². The van der Waals surface area contributed by atoms with Crippen LogP contribution >= 0.6 is 0 Å². The van der Waals surface area contributed by atoms with Gasteiger partial charge in [-0.15, -0.1) is 0 Å². The predicted octanol–water partition coefficient (Wildman–Crippen LogP) is 3.16. The number of benzene rings is 2. The summed E-state index contributed by atoms with van der Waals surface area (Å²) in [6.45, 7) is 3.40. The van der Waals surface area contributed by atoms with Crippen LogP contribution in [0, 0.1) is 17.2 Å². The molecule has 180 valence electrons. The third-order valence-corrected chi connectivity index (χ3v) is 7.68. The molecule has 3 aromatic rings. The lowest BCUT2D eigenvalue weighted by Gasteiger charge is -2.41. The first-order chi connectivity index (χ1) is 16.9. The summed E-state index contributed by atoms with van der Waals surface area (Å²) in [7, 11) is 3.52. The minimum atomic E-state index is -1.83.